The smallest absolute Gasteiger partial charge is 0.212 e. The quantitative estimate of drug-likeness (QED) is 0.0808. The van der Waals surface area contributed by atoms with Crippen molar-refractivity contribution >= 4 is 121 Å². The van der Waals surface area contributed by atoms with Crippen molar-refractivity contribution in [3.63, 3.8) is 0 Å². The van der Waals surface area contributed by atoms with Crippen molar-refractivity contribution in [3.8, 4) is 0 Å². The Labute approximate surface area is 817 Å². The van der Waals surface area contributed by atoms with Crippen molar-refractivity contribution in [1.82, 2.24) is 0 Å². The molecular formula is C112H160B4F4N8O8. The van der Waals surface area contributed by atoms with Gasteiger partial charge in [-0.05, 0) is 319 Å². The zero-order chi connectivity index (χ0) is 105. The number of hydrogen-bond acceptors (Lipinski definition) is 8. The van der Waals surface area contributed by atoms with Crippen LogP contribution in [0.3, 0.4) is 0 Å². The summed E-state index contributed by atoms with van der Waals surface area (Å²) in [6.07, 6.45) is 0. The molecule has 0 saturated carbocycles. The number of hydrogen-bond donors (Lipinski definition) is 0. The minimum atomic E-state index is -3.17. The van der Waals surface area contributed by atoms with E-state index in [0.717, 1.165) is 0 Å². The van der Waals surface area contributed by atoms with E-state index in [-0.39, 0.29) is 43.3 Å². The Balaban J connectivity index is 0.000000268. The second-order valence-electron chi connectivity index (χ2n) is 43.1. The van der Waals surface area contributed by atoms with Crippen molar-refractivity contribution in [2.45, 2.75) is 320 Å². The van der Waals surface area contributed by atoms with Crippen LogP contribution in [0.1, 0.15) is 300 Å². The number of rotatable bonds is 0. The molecule has 0 radical (unpaired) electrons. The van der Waals surface area contributed by atoms with Crippen molar-refractivity contribution in [2.75, 3.05) is 56.4 Å². The molecule has 0 amide bonds. The average Bonchev–Trinajstić information content (AvgIpc) is 1.65. The van der Waals surface area contributed by atoms with Crippen molar-refractivity contribution in [1.29, 1.82) is 0 Å². The fraction of sp³-hybridized carbons (Fsp3) is 0.500. The molecule has 16 nitrogen and oxygen atoms in total. The van der Waals surface area contributed by atoms with Crippen molar-refractivity contribution in [3.05, 3.63) is 231 Å². The maximum Gasteiger partial charge on any atom is 0.212 e. The van der Waals surface area contributed by atoms with Crippen molar-refractivity contribution in [2.24, 2.45) is 0 Å². The third-order valence-electron chi connectivity index (χ3n) is 30.9. The molecule has 8 aliphatic heterocycles. The number of fused-ring (bicyclic) bond motifs is 8. The summed E-state index contributed by atoms with van der Waals surface area (Å²) in [6.45, 7) is 89.9. The van der Waals surface area contributed by atoms with Crippen molar-refractivity contribution < 1.29 is 94.1 Å². The molecule has 0 bridgehead atoms. The Hall–Kier alpha value is -9.22. The van der Waals surface area contributed by atoms with E-state index in [2.05, 4.69) is 467 Å². The normalized spacial score (nSPS) is 16.9. The van der Waals surface area contributed by atoms with Crippen LogP contribution in [0.25, 0.3) is 0 Å². The molecule has 8 aromatic carbocycles. The van der Waals surface area contributed by atoms with Crippen LogP contribution in [-0.2, 0) is 43.3 Å². The Kier molecular flexibility index (Phi) is 38.0. The van der Waals surface area contributed by atoms with Gasteiger partial charge in [0.05, 0.1) is 43.3 Å². The fourth-order valence-corrected chi connectivity index (χ4v) is 21.3. The summed E-state index contributed by atoms with van der Waals surface area (Å²) in [7, 11) is 4.71. The average molecular weight is 1870 g/mol. The molecule has 136 heavy (non-hydrogen) atoms. The predicted octanol–water partition coefficient (Wildman–Crippen LogP) is 17.3. The van der Waals surface area contributed by atoms with Gasteiger partial charge >= 0.3 is 0 Å². The SMILES string of the molecule is CC1=[N+](C)c2c(C)cc(C)cc2C1(C)C.CC1=[N+](C)c2c(C)cc(C)cc2C1(C)C.CC1=[N+](C)c2c(C)cc(C)cc2C1(C)C.CC1=[N+](C)c2c(C)cc(C)cc2C1(C)C.CC1=[N+](C)c2c(C)cc(C)cc2C1(C)C.CC1=[N+](C)c2c(C)cc(C)cc2C1(C)C.CC1=[N+](C)c2c(C)cc(C)cc2C1(C)C.CC1=[N+](C)c2c(C)cc(C)cc2C1(C)C.[O-]B([O-])F.[O-]B([O-])F.[O-]B([O-])F.[O-]B([O-])F. The van der Waals surface area contributed by atoms with Gasteiger partial charge in [-0.15, -0.1) is 0 Å². The summed E-state index contributed by atoms with van der Waals surface area (Å²) in [4.78, 5) is 0. The summed E-state index contributed by atoms with van der Waals surface area (Å²) < 4.78 is 58.3. The highest BCUT2D eigenvalue weighted by molar-refractivity contribution is 6.28. The molecule has 0 aliphatic carbocycles. The molecule has 24 heteroatoms. The van der Waals surface area contributed by atoms with E-state index >= 15 is 0 Å². The first-order valence-electron chi connectivity index (χ1n) is 47.2. The molecule has 0 N–H and O–H groups in total. The van der Waals surface area contributed by atoms with Crippen LogP contribution in [0.2, 0.25) is 0 Å². The van der Waals surface area contributed by atoms with Crippen LogP contribution < -0.4 is 40.2 Å². The second kappa shape index (κ2) is 44.1. The highest BCUT2D eigenvalue weighted by Gasteiger charge is 2.50. The maximum absolute atomic E-state index is 9.89. The summed E-state index contributed by atoms with van der Waals surface area (Å²) >= 11 is 0. The lowest BCUT2D eigenvalue weighted by molar-refractivity contribution is -0.403. The molecule has 8 heterocycles. The third-order valence-corrected chi connectivity index (χ3v) is 30.9. The fourth-order valence-electron chi connectivity index (χ4n) is 21.3. The van der Waals surface area contributed by atoms with E-state index in [1.165, 1.54) is 225 Å². The molecule has 0 fully saturated rings. The molecule has 16 rings (SSSR count). The van der Waals surface area contributed by atoms with Gasteiger partial charge in [0, 0.05) is 144 Å². The molecule has 0 saturated heterocycles. The molecule has 0 spiro atoms. The van der Waals surface area contributed by atoms with Gasteiger partial charge in [0.25, 0.3) is 0 Å². The topological polar surface area (TPSA) is 209 Å². The Morgan fingerprint density at radius 2 is 0.228 bits per heavy atom. The van der Waals surface area contributed by atoms with E-state index in [4.69, 9.17) is 40.2 Å². The van der Waals surface area contributed by atoms with Crippen LogP contribution >= 0.6 is 0 Å². The minimum Gasteiger partial charge on any atom is -0.867 e. The first kappa shape index (κ1) is 117. The lowest BCUT2D eigenvalue weighted by Crippen LogP contribution is -2.39. The van der Waals surface area contributed by atoms with Crippen LogP contribution in [0.4, 0.5) is 62.8 Å². The second-order valence-corrected chi connectivity index (χ2v) is 43.1. The highest BCUT2D eigenvalue weighted by Crippen LogP contribution is 2.49. The molecule has 0 unspecified atom stereocenters. The molecule has 0 aromatic heterocycles. The first-order valence-corrected chi connectivity index (χ1v) is 47.2. The Morgan fingerprint density at radius 1 is 0.162 bits per heavy atom. The van der Waals surface area contributed by atoms with Gasteiger partial charge in [0.15, 0.2) is 45.7 Å². The van der Waals surface area contributed by atoms with Crippen LogP contribution in [0.5, 0.6) is 0 Å². The monoisotopic (exact) mass is 1870 g/mol. The maximum atomic E-state index is 9.89. The van der Waals surface area contributed by atoms with Gasteiger partial charge in [-0.2, -0.15) is 0 Å². The minimum absolute atomic E-state index is 0.181. The molecule has 8 aromatic rings. The third kappa shape index (κ3) is 24.6. The van der Waals surface area contributed by atoms with Gasteiger partial charge in [-0.25, -0.2) is 36.6 Å². The first-order chi connectivity index (χ1) is 61.8. The Morgan fingerprint density at radius 3 is 0.294 bits per heavy atom. The predicted molar refractivity (Wildman–Crippen MR) is 551 cm³/mol. The number of benzene rings is 8. The van der Waals surface area contributed by atoms with Gasteiger partial charge in [0.1, 0.15) is 86.0 Å². The number of nitrogens with zero attached hydrogens (tertiary/aromatic N) is 8. The van der Waals surface area contributed by atoms with Crippen LogP contribution in [0, 0.1) is 111 Å². The largest absolute Gasteiger partial charge is 0.867 e. The van der Waals surface area contributed by atoms with E-state index in [1.54, 1.807) is 0 Å². The number of halogens is 4. The van der Waals surface area contributed by atoms with E-state index < -0.39 is 29.6 Å². The van der Waals surface area contributed by atoms with E-state index in [9.17, 15) is 17.3 Å². The molecule has 0 atom stereocenters. The Bertz CT molecular complexity index is 5080. The van der Waals surface area contributed by atoms with Gasteiger partial charge in [-0.1, -0.05) is 44.5 Å². The molecule has 736 valence electrons. The van der Waals surface area contributed by atoms with E-state index in [0.29, 0.717) is 0 Å². The number of aryl methyl sites for hydroxylation is 16. The summed E-state index contributed by atoms with van der Waals surface area (Å²) in [5.41, 5.74) is 58.0. The lowest BCUT2D eigenvalue weighted by atomic mass is 9.81. The lowest BCUT2D eigenvalue weighted by Gasteiger charge is -2.15. The van der Waals surface area contributed by atoms with E-state index in [1.807, 2.05) is 0 Å². The van der Waals surface area contributed by atoms with Gasteiger partial charge in [0.2, 0.25) is 45.5 Å². The summed E-state index contributed by atoms with van der Waals surface area (Å²) in [5, 5.41) is 66.4. The highest BCUT2D eigenvalue weighted by atomic mass is 19.1. The molecular weight excluding hydrogens is 1700 g/mol. The zero-order valence-electron chi connectivity index (χ0n) is 91.9. The van der Waals surface area contributed by atoms with Crippen LogP contribution in [0.15, 0.2) is 97.1 Å². The van der Waals surface area contributed by atoms with Gasteiger partial charge < -0.3 is 57.5 Å². The summed E-state index contributed by atoms with van der Waals surface area (Å²) in [6, 6.07) is 36.8. The van der Waals surface area contributed by atoms with Gasteiger partial charge in [-0.3, -0.25) is 0 Å². The molecule has 8 aliphatic rings. The standard InChI is InChI=1S/8C14H20N.4BFO2/c8*1-9-7-10(2)13-12(8-9)14(4,5)11(3)15(13)6;4*2-1(3)4/h8*7-8H,1-6H3;;;;/q8*+1;4*-2. The van der Waals surface area contributed by atoms with Crippen LogP contribution in [-0.4, -0.2) is 168 Å². The summed E-state index contributed by atoms with van der Waals surface area (Å²) in [5.74, 6) is 0. The zero-order valence-corrected chi connectivity index (χ0v) is 91.9.